The van der Waals surface area contributed by atoms with Crippen molar-refractivity contribution >= 4 is 5.52 Å². The second kappa shape index (κ2) is 7.62. The van der Waals surface area contributed by atoms with E-state index in [-0.39, 0.29) is 23.7 Å². The predicted octanol–water partition coefficient (Wildman–Crippen LogP) is 4.76. The van der Waals surface area contributed by atoms with Crippen molar-refractivity contribution in [3.8, 4) is 0 Å². The Hall–Kier alpha value is -2.50. The number of hydrogen-bond acceptors (Lipinski definition) is 2. The summed E-state index contributed by atoms with van der Waals surface area (Å²) < 4.78 is 31.8. The Morgan fingerprint density at radius 1 is 1.26 bits per heavy atom. The SMILES string of the molecule is CCCCCC(C)(F)c1ncc2c(=O)n(Cc3cccc(F)c3)c(C)cn12. The van der Waals surface area contributed by atoms with Crippen LogP contribution in [0, 0.1) is 12.7 Å². The van der Waals surface area contributed by atoms with Gasteiger partial charge < -0.3 is 4.57 Å². The van der Waals surface area contributed by atoms with Gasteiger partial charge in [0.2, 0.25) is 0 Å². The van der Waals surface area contributed by atoms with Crippen molar-refractivity contribution in [1.29, 1.82) is 0 Å². The van der Waals surface area contributed by atoms with E-state index in [0.717, 1.165) is 19.3 Å². The minimum atomic E-state index is -1.60. The molecule has 0 amide bonds. The second-order valence-electron chi connectivity index (χ2n) is 7.28. The average molecular weight is 373 g/mol. The van der Waals surface area contributed by atoms with Crippen molar-refractivity contribution in [3.05, 3.63) is 69.9 Å². The summed E-state index contributed by atoms with van der Waals surface area (Å²) in [5.41, 5.74) is -0.178. The molecule has 0 aliphatic heterocycles. The number of alkyl halides is 1. The topological polar surface area (TPSA) is 39.3 Å². The van der Waals surface area contributed by atoms with Crippen LogP contribution in [0.2, 0.25) is 0 Å². The number of unbranched alkanes of at least 4 members (excludes halogenated alkanes) is 2. The summed E-state index contributed by atoms with van der Waals surface area (Å²) >= 11 is 0. The molecule has 1 unspecified atom stereocenters. The molecule has 0 aliphatic carbocycles. The summed E-state index contributed by atoms with van der Waals surface area (Å²) in [5.74, 6) is -0.0853. The van der Waals surface area contributed by atoms with E-state index in [1.807, 2.05) is 0 Å². The van der Waals surface area contributed by atoms with Crippen LogP contribution in [0.25, 0.3) is 5.52 Å². The number of rotatable bonds is 7. The maximum atomic E-state index is 15.2. The predicted molar refractivity (Wildman–Crippen MR) is 102 cm³/mol. The number of fused-ring (bicyclic) bond motifs is 1. The molecule has 27 heavy (non-hydrogen) atoms. The van der Waals surface area contributed by atoms with Gasteiger partial charge in [-0.1, -0.05) is 31.9 Å². The molecule has 6 heteroatoms. The van der Waals surface area contributed by atoms with E-state index in [0.29, 0.717) is 23.2 Å². The van der Waals surface area contributed by atoms with Crippen LogP contribution in [0.5, 0.6) is 0 Å². The Bertz CT molecular complexity index is 1000. The highest BCUT2D eigenvalue weighted by Gasteiger charge is 2.31. The summed E-state index contributed by atoms with van der Waals surface area (Å²) in [6.07, 6.45) is 6.27. The number of aryl methyl sites for hydroxylation is 1. The van der Waals surface area contributed by atoms with E-state index in [4.69, 9.17) is 0 Å². The Kier molecular flexibility index (Phi) is 5.44. The molecule has 0 N–H and O–H groups in total. The molecule has 0 aliphatic rings. The van der Waals surface area contributed by atoms with Crippen molar-refractivity contribution in [3.63, 3.8) is 0 Å². The summed E-state index contributed by atoms with van der Waals surface area (Å²) in [6.45, 7) is 5.63. The molecule has 4 nitrogen and oxygen atoms in total. The van der Waals surface area contributed by atoms with Gasteiger partial charge in [-0.2, -0.15) is 0 Å². The lowest BCUT2D eigenvalue weighted by atomic mass is 9.99. The molecule has 0 saturated carbocycles. The quantitative estimate of drug-likeness (QED) is 0.560. The Balaban J connectivity index is 2.00. The Morgan fingerprint density at radius 3 is 2.74 bits per heavy atom. The van der Waals surface area contributed by atoms with Crippen molar-refractivity contribution in [2.24, 2.45) is 0 Å². The molecule has 0 spiro atoms. The lowest BCUT2D eigenvalue weighted by Crippen LogP contribution is -2.26. The molecule has 0 bridgehead atoms. The van der Waals surface area contributed by atoms with Crippen LogP contribution < -0.4 is 5.56 Å². The molecule has 0 saturated heterocycles. The first-order chi connectivity index (χ1) is 12.8. The normalized spacial score (nSPS) is 13.8. The largest absolute Gasteiger partial charge is 0.305 e. The fourth-order valence-electron chi connectivity index (χ4n) is 3.42. The van der Waals surface area contributed by atoms with Gasteiger partial charge in [0.1, 0.15) is 11.3 Å². The zero-order chi connectivity index (χ0) is 19.6. The Labute approximate surface area is 157 Å². The lowest BCUT2D eigenvalue weighted by molar-refractivity contribution is 0.157. The minimum Gasteiger partial charge on any atom is -0.305 e. The summed E-state index contributed by atoms with van der Waals surface area (Å²) in [5, 5.41) is 0. The number of imidazole rings is 1. The van der Waals surface area contributed by atoms with Crippen molar-refractivity contribution in [2.75, 3.05) is 0 Å². The fraction of sp³-hybridized carbons (Fsp3) is 0.429. The highest BCUT2D eigenvalue weighted by atomic mass is 19.1. The smallest absolute Gasteiger partial charge is 0.276 e. The fourth-order valence-corrected chi connectivity index (χ4v) is 3.42. The van der Waals surface area contributed by atoms with Crippen LogP contribution >= 0.6 is 0 Å². The zero-order valence-electron chi connectivity index (χ0n) is 16.0. The maximum absolute atomic E-state index is 15.2. The van der Waals surface area contributed by atoms with Gasteiger partial charge in [0.05, 0.1) is 12.7 Å². The first-order valence-electron chi connectivity index (χ1n) is 9.35. The van der Waals surface area contributed by atoms with E-state index in [1.54, 1.807) is 34.2 Å². The lowest BCUT2D eigenvalue weighted by Gasteiger charge is -2.20. The van der Waals surface area contributed by atoms with Crippen LogP contribution in [-0.2, 0) is 12.2 Å². The average Bonchev–Trinajstić information content (AvgIpc) is 3.03. The number of benzene rings is 1. The van der Waals surface area contributed by atoms with Crippen LogP contribution in [0.4, 0.5) is 8.78 Å². The third-order valence-corrected chi connectivity index (χ3v) is 4.95. The number of hydrogen-bond donors (Lipinski definition) is 0. The van der Waals surface area contributed by atoms with Gasteiger partial charge in [-0.3, -0.25) is 9.20 Å². The molecule has 2 heterocycles. The third-order valence-electron chi connectivity index (χ3n) is 4.95. The summed E-state index contributed by atoms with van der Waals surface area (Å²) in [7, 11) is 0. The first-order valence-corrected chi connectivity index (χ1v) is 9.35. The third kappa shape index (κ3) is 3.94. The number of halogens is 2. The van der Waals surface area contributed by atoms with Gasteiger partial charge in [-0.15, -0.1) is 0 Å². The van der Waals surface area contributed by atoms with Gasteiger partial charge in [-0.05, 0) is 44.4 Å². The summed E-state index contributed by atoms with van der Waals surface area (Å²) in [6, 6.07) is 6.16. The van der Waals surface area contributed by atoms with Gasteiger partial charge in [0.15, 0.2) is 11.5 Å². The minimum absolute atomic E-state index is 0.253. The zero-order valence-corrected chi connectivity index (χ0v) is 16.0. The van der Waals surface area contributed by atoms with E-state index < -0.39 is 5.67 Å². The van der Waals surface area contributed by atoms with Crippen LogP contribution in [0.3, 0.4) is 0 Å². The number of nitrogens with zero attached hydrogens (tertiary/aromatic N) is 3. The molecule has 1 aromatic carbocycles. The molecule has 3 aromatic rings. The first kappa shape index (κ1) is 19.3. The van der Waals surface area contributed by atoms with Crippen molar-refractivity contribution < 1.29 is 8.78 Å². The molecular formula is C21H25F2N3O. The second-order valence-corrected chi connectivity index (χ2v) is 7.28. The van der Waals surface area contributed by atoms with E-state index in [1.165, 1.54) is 25.3 Å². The van der Waals surface area contributed by atoms with Gasteiger partial charge in [0, 0.05) is 11.9 Å². The van der Waals surface area contributed by atoms with E-state index in [2.05, 4.69) is 11.9 Å². The molecule has 0 radical (unpaired) electrons. The molecule has 144 valence electrons. The molecule has 1 atom stereocenters. The Morgan fingerprint density at radius 2 is 2.04 bits per heavy atom. The highest BCUT2D eigenvalue weighted by Crippen LogP contribution is 2.30. The summed E-state index contributed by atoms with van der Waals surface area (Å²) in [4.78, 5) is 17.1. The standard InChI is InChI=1S/C21H25F2N3O/c1-4-5-6-10-21(3,23)20-24-12-18-19(27)25(15(2)13-26(18)20)14-16-8-7-9-17(22)11-16/h7-9,11-13H,4-6,10,14H2,1-3H3. The molecule has 2 aromatic heterocycles. The monoisotopic (exact) mass is 373 g/mol. The van der Waals surface area contributed by atoms with Crippen LogP contribution in [0.1, 0.15) is 56.6 Å². The van der Waals surface area contributed by atoms with Crippen molar-refractivity contribution in [2.45, 2.75) is 58.7 Å². The van der Waals surface area contributed by atoms with E-state index >= 15 is 4.39 Å². The molecular weight excluding hydrogens is 348 g/mol. The van der Waals surface area contributed by atoms with Crippen LogP contribution in [0.15, 0.2) is 41.5 Å². The molecule has 0 fully saturated rings. The highest BCUT2D eigenvalue weighted by molar-refractivity contribution is 5.45. The van der Waals surface area contributed by atoms with Gasteiger partial charge in [0.25, 0.3) is 5.56 Å². The molecule has 3 rings (SSSR count). The van der Waals surface area contributed by atoms with Gasteiger partial charge in [-0.25, -0.2) is 13.8 Å². The number of aromatic nitrogens is 3. The van der Waals surface area contributed by atoms with Gasteiger partial charge >= 0.3 is 0 Å². The van der Waals surface area contributed by atoms with Crippen LogP contribution in [-0.4, -0.2) is 14.0 Å². The van der Waals surface area contributed by atoms with E-state index in [9.17, 15) is 9.18 Å². The maximum Gasteiger partial charge on any atom is 0.276 e. The van der Waals surface area contributed by atoms with Crippen molar-refractivity contribution in [1.82, 2.24) is 14.0 Å².